The van der Waals surface area contributed by atoms with E-state index in [1.165, 1.54) is 44.9 Å². The van der Waals surface area contributed by atoms with Gasteiger partial charge in [-0.15, -0.1) is 0 Å². The van der Waals surface area contributed by atoms with Crippen molar-refractivity contribution in [3.05, 3.63) is 0 Å². The number of hydrogen-bond acceptors (Lipinski definition) is 2. The molecule has 0 radical (unpaired) electrons. The van der Waals surface area contributed by atoms with Crippen molar-refractivity contribution in [3.63, 3.8) is 0 Å². The fraction of sp³-hybridized carbons (Fsp3) is 0.938. The molecule has 0 spiro atoms. The van der Waals surface area contributed by atoms with Crippen molar-refractivity contribution in [3.8, 4) is 0 Å². The number of rotatable bonds is 5. The van der Waals surface area contributed by atoms with Crippen molar-refractivity contribution < 1.29 is 4.79 Å². The molecule has 1 saturated heterocycles. The molecule has 1 saturated carbocycles. The zero-order chi connectivity index (χ0) is 13.5. The first kappa shape index (κ1) is 14.8. The van der Waals surface area contributed by atoms with Gasteiger partial charge < -0.3 is 10.2 Å². The van der Waals surface area contributed by atoms with Gasteiger partial charge in [0.2, 0.25) is 5.91 Å². The number of amides is 1. The number of carbonyl (C=O) groups excluding carboxylic acids is 1. The fourth-order valence-electron chi connectivity index (χ4n) is 3.69. The first-order chi connectivity index (χ1) is 9.31. The predicted molar refractivity (Wildman–Crippen MR) is 79.1 cm³/mol. The lowest BCUT2D eigenvalue weighted by molar-refractivity contribution is -0.132. The van der Waals surface area contributed by atoms with Crippen LogP contribution in [-0.2, 0) is 4.79 Å². The molecular weight excluding hydrogens is 236 g/mol. The van der Waals surface area contributed by atoms with Crippen molar-refractivity contribution >= 4 is 5.91 Å². The second kappa shape index (κ2) is 7.88. The maximum atomic E-state index is 12.1. The highest BCUT2D eigenvalue weighted by atomic mass is 16.2. The maximum Gasteiger partial charge on any atom is 0.222 e. The molecule has 3 heteroatoms. The van der Waals surface area contributed by atoms with E-state index in [1.807, 2.05) is 0 Å². The molecule has 2 fully saturated rings. The highest BCUT2D eigenvalue weighted by Gasteiger charge is 2.27. The van der Waals surface area contributed by atoms with Crippen LogP contribution in [0.4, 0.5) is 0 Å². The van der Waals surface area contributed by atoms with Gasteiger partial charge in [-0.2, -0.15) is 0 Å². The van der Waals surface area contributed by atoms with Gasteiger partial charge in [-0.25, -0.2) is 0 Å². The molecule has 1 N–H and O–H groups in total. The molecule has 2 atom stereocenters. The molecule has 3 nitrogen and oxygen atoms in total. The first-order valence-corrected chi connectivity index (χ1v) is 8.32. The van der Waals surface area contributed by atoms with Crippen LogP contribution in [0.25, 0.3) is 0 Å². The standard InChI is InChI=1S/C16H30N2O/c1-2-17-15-9-7-8-14(15)11-13-18-12-6-4-3-5-10-16(18)19/h14-15,17H,2-13H2,1H3. The quantitative estimate of drug-likeness (QED) is 0.830. The smallest absolute Gasteiger partial charge is 0.222 e. The van der Waals surface area contributed by atoms with E-state index in [0.29, 0.717) is 11.9 Å². The Hall–Kier alpha value is -0.570. The first-order valence-electron chi connectivity index (χ1n) is 8.32. The van der Waals surface area contributed by atoms with Crippen LogP contribution in [-0.4, -0.2) is 36.5 Å². The molecule has 110 valence electrons. The summed E-state index contributed by atoms with van der Waals surface area (Å²) in [6, 6.07) is 0.704. The summed E-state index contributed by atoms with van der Waals surface area (Å²) in [5.41, 5.74) is 0. The Labute approximate surface area is 118 Å². The molecule has 2 unspecified atom stereocenters. The number of hydrogen-bond donors (Lipinski definition) is 1. The number of likely N-dealkylation sites (tertiary alicyclic amines) is 1. The second-order valence-corrected chi connectivity index (χ2v) is 6.19. The number of carbonyl (C=O) groups is 1. The third-order valence-corrected chi connectivity index (χ3v) is 4.82. The Morgan fingerprint density at radius 3 is 2.84 bits per heavy atom. The topological polar surface area (TPSA) is 32.3 Å². The number of nitrogens with one attached hydrogen (secondary N) is 1. The van der Waals surface area contributed by atoms with E-state index in [2.05, 4.69) is 17.1 Å². The molecular formula is C16H30N2O. The van der Waals surface area contributed by atoms with Gasteiger partial charge in [-0.1, -0.05) is 26.2 Å². The van der Waals surface area contributed by atoms with E-state index in [4.69, 9.17) is 0 Å². The van der Waals surface area contributed by atoms with Gasteiger partial charge in [0, 0.05) is 25.6 Å². The van der Waals surface area contributed by atoms with Crippen LogP contribution >= 0.6 is 0 Å². The SMILES string of the molecule is CCNC1CCCC1CCN1CCCCCCC1=O. The molecule has 0 aromatic carbocycles. The van der Waals surface area contributed by atoms with Gasteiger partial charge in [0.1, 0.15) is 0 Å². The average Bonchev–Trinajstić information content (AvgIpc) is 2.82. The summed E-state index contributed by atoms with van der Waals surface area (Å²) in [7, 11) is 0. The third kappa shape index (κ3) is 4.48. The Bertz CT molecular complexity index is 280. The average molecular weight is 266 g/mol. The van der Waals surface area contributed by atoms with Crippen LogP contribution in [0, 0.1) is 5.92 Å². The van der Waals surface area contributed by atoms with Crippen LogP contribution in [0.1, 0.15) is 64.7 Å². The van der Waals surface area contributed by atoms with Crippen LogP contribution in [0.15, 0.2) is 0 Å². The van der Waals surface area contributed by atoms with Crippen molar-refractivity contribution in [2.45, 2.75) is 70.8 Å². The highest BCUT2D eigenvalue weighted by molar-refractivity contribution is 5.76. The summed E-state index contributed by atoms with van der Waals surface area (Å²) in [5, 5.41) is 3.61. The Balaban J connectivity index is 1.77. The van der Waals surface area contributed by atoms with Crippen LogP contribution in [0.3, 0.4) is 0 Å². The minimum Gasteiger partial charge on any atom is -0.343 e. The normalized spacial score (nSPS) is 29.3. The maximum absolute atomic E-state index is 12.1. The van der Waals surface area contributed by atoms with Crippen molar-refractivity contribution in [2.24, 2.45) is 5.92 Å². The van der Waals surface area contributed by atoms with E-state index in [-0.39, 0.29) is 0 Å². The van der Waals surface area contributed by atoms with E-state index in [0.717, 1.165) is 38.4 Å². The predicted octanol–water partition coefficient (Wildman–Crippen LogP) is 2.95. The molecule has 1 heterocycles. The van der Waals surface area contributed by atoms with Gasteiger partial charge >= 0.3 is 0 Å². The molecule has 2 rings (SSSR count). The Morgan fingerprint density at radius 1 is 1.16 bits per heavy atom. The van der Waals surface area contributed by atoms with Gasteiger partial charge in [0.05, 0.1) is 0 Å². The minimum atomic E-state index is 0.401. The van der Waals surface area contributed by atoms with Gasteiger partial charge in [-0.05, 0) is 44.6 Å². The summed E-state index contributed by atoms with van der Waals surface area (Å²) >= 11 is 0. The van der Waals surface area contributed by atoms with Crippen molar-refractivity contribution in [2.75, 3.05) is 19.6 Å². The Kier molecular flexibility index (Phi) is 6.15. The minimum absolute atomic E-state index is 0.401. The van der Waals surface area contributed by atoms with Crippen molar-refractivity contribution in [1.82, 2.24) is 10.2 Å². The zero-order valence-electron chi connectivity index (χ0n) is 12.5. The van der Waals surface area contributed by atoms with Crippen LogP contribution in [0.2, 0.25) is 0 Å². The monoisotopic (exact) mass is 266 g/mol. The molecule has 1 amide bonds. The molecule has 0 aromatic heterocycles. The summed E-state index contributed by atoms with van der Waals surface area (Å²) < 4.78 is 0. The van der Waals surface area contributed by atoms with Gasteiger partial charge in [-0.3, -0.25) is 4.79 Å². The molecule has 2 aliphatic rings. The van der Waals surface area contributed by atoms with E-state index in [1.54, 1.807) is 0 Å². The third-order valence-electron chi connectivity index (χ3n) is 4.82. The number of nitrogens with zero attached hydrogens (tertiary/aromatic N) is 1. The summed E-state index contributed by atoms with van der Waals surface area (Å²) in [4.78, 5) is 14.2. The van der Waals surface area contributed by atoms with Crippen LogP contribution in [0.5, 0.6) is 0 Å². The van der Waals surface area contributed by atoms with Gasteiger partial charge in [0.25, 0.3) is 0 Å². The molecule has 0 bridgehead atoms. The summed E-state index contributed by atoms with van der Waals surface area (Å²) in [6.45, 7) is 5.25. The lowest BCUT2D eigenvalue weighted by Crippen LogP contribution is -2.37. The van der Waals surface area contributed by atoms with Crippen molar-refractivity contribution in [1.29, 1.82) is 0 Å². The molecule has 1 aliphatic carbocycles. The molecule has 1 aliphatic heterocycles. The summed E-state index contributed by atoms with van der Waals surface area (Å²) in [6.07, 6.45) is 10.8. The molecule has 0 aromatic rings. The van der Waals surface area contributed by atoms with Crippen LogP contribution < -0.4 is 5.32 Å². The zero-order valence-corrected chi connectivity index (χ0v) is 12.5. The largest absolute Gasteiger partial charge is 0.343 e. The highest BCUT2D eigenvalue weighted by Crippen LogP contribution is 2.28. The lowest BCUT2D eigenvalue weighted by Gasteiger charge is -2.28. The van der Waals surface area contributed by atoms with E-state index in [9.17, 15) is 4.79 Å². The lowest BCUT2D eigenvalue weighted by atomic mass is 9.98. The fourth-order valence-corrected chi connectivity index (χ4v) is 3.69. The Morgan fingerprint density at radius 2 is 2.00 bits per heavy atom. The van der Waals surface area contributed by atoms with E-state index < -0.39 is 0 Å². The molecule has 19 heavy (non-hydrogen) atoms. The second-order valence-electron chi connectivity index (χ2n) is 6.19. The van der Waals surface area contributed by atoms with Gasteiger partial charge in [0.15, 0.2) is 0 Å². The van der Waals surface area contributed by atoms with E-state index >= 15 is 0 Å². The summed E-state index contributed by atoms with van der Waals surface area (Å²) in [5.74, 6) is 1.19.